The van der Waals surface area contributed by atoms with Crippen molar-refractivity contribution in [3.63, 3.8) is 0 Å². The van der Waals surface area contributed by atoms with Crippen LogP contribution in [-0.2, 0) is 17.7 Å². The van der Waals surface area contributed by atoms with E-state index in [4.69, 9.17) is 16.3 Å². The molecule has 0 aliphatic carbocycles. The Balaban J connectivity index is 1.23. The number of ether oxygens (including phenoxy) is 1. The number of anilines is 1. The smallest absolute Gasteiger partial charge is 0.319 e. The molecule has 1 aromatic heterocycles. The average molecular weight is 470 g/mol. The number of hydrogen-bond donors (Lipinski definition) is 3. The average Bonchev–Trinajstić information content (AvgIpc) is 3.26. The maximum atomic E-state index is 12.4. The fraction of sp³-hybridized carbons (Fsp3) is 0.375. The molecule has 2 amide bonds. The summed E-state index contributed by atoms with van der Waals surface area (Å²) in [6.45, 7) is 0.515. The van der Waals surface area contributed by atoms with E-state index in [-0.39, 0.29) is 24.8 Å². The van der Waals surface area contributed by atoms with E-state index in [1.54, 1.807) is 24.3 Å². The van der Waals surface area contributed by atoms with E-state index < -0.39 is 6.10 Å². The minimum Gasteiger partial charge on any atom is -0.394 e. The number of benzene rings is 2. The van der Waals surface area contributed by atoms with Crippen molar-refractivity contribution < 1.29 is 14.6 Å². The lowest BCUT2D eigenvalue weighted by atomic mass is 9.97. The molecule has 0 spiro atoms. The van der Waals surface area contributed by atoms with Crippen molar-refractivity contribution in [1.82, 2.24) is 20.3 Å². The summed E-state index contributed by atoms with van der Waals surface area (Å²) in [5, 5.41) is 24.5. The first-order chi connectivity index (χ1) is 16.1. The lowest BCUT2D eigenvalue weighted by Gasteiger charge is -2.36. The van der Waals surface area contributed by atoms with Gasteiger partial charge in [0.1, 0.15) is 6.10 Å². The monoisotopic (exact) mass is 469 g/mol. The summed E-state index contributed by atoms with van der Waals surface area (Å²) in [6.07, 6.45) is 4.49. The molecule has 33 heavy (non-hydrogen) atoms. The Bertz CT molecular complexity index is 1050. The Kier molecular flexibility index (Phi) is 7.93. The molecule has 3 N–H and O–H groups in total. The highest BCUT2D eigenvalue weighted by Crippen LogP contribution is 2.23. The van der Waals surface area contributed by atoms with Gasteiger partial charge in [0, 0.05) is 29.9 Å². The maximum absolute atomic E-state index is 12.4. The number of amides is 2. The third kappa shape index (κ3) is 6.77. The number of nitrogens with one attached hydrogen (secondary N) is 2. The van der Waals surface area contributed by atoms with Crippen LogP contribution in [0.15, 0.2) is 60.8 Å². The molecule has 2 heterocycles. The number of carbonyl (C=O) groups excluding carboxylic acids is 1. The third-order valence-corrected chi connectivity index (χ3v) is 5.92. The molecule has 1 fully saturated rings. The number of aliphatic hydroxyl groups excluding tert-OH is 1. The summed E-state index contributed by atoms with van der Waals surface area (Å²) >= 11 is 5.96. The molecule has 3 atom stereocenters. The van der Waals surface area contributed by atoms with Crippen molar-refractivity contribution >= 4 is 23.3 Å². The first kappa shape index (κ1) is 23.2. The molecule has 1 saturated heterocycles. The molecule has 1 aliphatic rings. The molecule has 1 aliphatic heterocycles. The Hall–Kier alpha value is -2.94. The second kappa shape index (κ2) is 11.3. The third-order valence-electron chi connectivity index (χ3n) is 5.69. The topological polar surface area (TPSA) is 101 Å². The zero-order valence-corrected chi connectivity index (χ0v) is 19.0. The molecule has 0 bridgehead atoms. The number of aromatic nitrogens is 3. The van der Waals surface area contributed by atoms with Crippen LogP contribution < -0.4 is 10.6 Å². The summed E-state index contributed by atoms with van der Waals surface area (Å²) in [5.74, 6) is 0. The van der Waals surface area contributed by atoms with Gasteiger partial charge >= 0.3 is 6.03 Å². The molecular formula is C24H28ClN5O3. The molecule has 174 valence electrons. The second-order valence-corrected chi connectivity index (χ2v) is 8.63. The fourth-order valence-electron chi connectivity index (χ4n) is 4.02. The van der Waals surface area contributed by atoms with Crippen molar-refractivity contribution in [2.45, 2.75) is 50.5 Å². The summed E-state index contributed by atoms with van der Waals surface area (Å²) in [7, 11) is 0. The number of carbonyl (C=O) groups is 1. The number of nitrogens with zero attached hydrogens (tertiary/aromatic N) is 3. The van der Waals surface area contributed by atoms with E-state index in [9.17, 15) is 9.90 Å². The molecule has 3 aromatic rings. The van der Waals surface area contributed by atoms with Crippen LogP contribution in [0.4, 0.5) is 10.5 Å². The number of aryl methyl sites for hydroxylation is 1. The largest absolute Gasteiger partial charge is 0.394 e. The van der Waals surface area contributed by atoms with Gasteiger partial charge in [-0.1, -0.05) is 53.2 Å². The number of halogens is 1. The van der Waals surface area contributed by atoms with E-state index in [0.717, 1.165) is 31.4 Å². The van der Waals surface area contributed by atoms with Crippen molar-refractivity contribution in [3.8, 4) is 0 Å². The summed E-state index contributed by atoms with van der Waals surface area (Å²) < 4.78 is 7.90. The van der Waals surface area contributed by atoms with Gasteiger partial charge in [-0.3, -0.25) is 4.68 Å². The molecule has 4 rings (SSSR count). The minimum atomic E-state index is -0.460. The van der Waals surface area contributed by atoms with Crippen molar-refractivity contribution in [3.05, 3.63) is 77.1 Å². The highest BCUT2D eigenvalue weighted by Gasteiger charge is 2.31. The zero-order chi connectivity index (χ0) is 23.0. The number of aliphatic hydroxyl groups is 1. The number of hydrogen-bond acceptors (Lipinski definition) is 5. The van der Waals surface area contributed by atoms with Gasteiger partial charge in [0.05, 0.1) is 24.4 Å². The molecule has 8 nitrogen and oxygen atoms in total. The van der Waals surface area contributed by atoms with E-state index in [2.05, 4.69) is 33.1 Å². The number of rotatable bonds is 8. The standard InChI is InChI=1S/C24H28ClN5O3/c25-18-7-4-8-19(14-18)26-24(32)27-22-10-9-21(33-23(22)16-31)11-12-30-15-20(28-29-30)13-17-5-2-1-3-6-17/h1-8,14-15,21-23,31H,9-13,16H2,(H2,26,27,32)/t21-,22-,23+/m0/s1. The van der Waals surface area contributed by atoms with Crippen molar-refractivity contribution in [2.24, 2.45) is 0 Å². The lowest BCUT2D eigenvalue weighted by Crippen LogP contribution is -2.52. The second-order valence-electron chi connectivity index (χ2n) is 8.20. The normalized spacial score (nSPS) is 20.4. The Morgan fingerprint density at radius 3 is 2.82 bits per heavy atom. The van der Waals surface area contributed by atoms with E-state index in [1.807, 2.05) is 29.1 Å². The Labute approximate surface area is 197 Å². The van der Waals surface area contributed by atoms with Crippen molar-refractivity contribution in [1.29, 1.82) is 0 Å². The van der Waals surface area contributed by atoms with Gasteiger partial charge in [-0.25, -0.2) is 4.79 Å². The van der Waals surface area contributed by atoms with Gasteiger partial charge in [-0.2, -0.15) is 0 Å². The van der Waals surface area contributed by atoms with Gasteiger partial charge in [0.25, 0.3) is 0 Å². The highest BCUT2D eigenvalue weighted by molar-refractivity contribution is 6.30. The maximum Gasteiger partial charge on any atom is 0.319 e. The summed E-state index contributed by atoms with van der Waals surface area (Å²) in [6, 6.07) is 16.5. The van der Waals surface area contributed by atoms with E-state index >= 15 is 0 Å². The van der Waals surface area contributed by atoms with Crippen LogP contribution in [0.5, 0.6) is 0 Å². The van der Waals surface area contributed by atoms with Gasteiger partial charge in [0.15, 0.2) is 0 Å². The zero-order valence-electron chi connectivity index (χ0n) is 18.2. The summed E-state index contributed by atoms with van der Waals surface area (Å²) in [4.78, 5) is 12.4. The summed E-state index contributed by atoms with van der Waals surface area (Å²) in [5.41, 5.74) is 2.73. The van der Waals surface area contributed by atoms with Crippen LogP contribution in [0.1, 0.15) is 30.5 Å². The van der Waals surface area contributed by atoms with Crippen LogP contribution in [-0.4, -0.2) is 51.0 Å². The Morgan fingerprint density at radius 1 is 1.18 bits per heavy atom. The number of urea groups is 1. The fourth-order valence-corrected chi connectivity index (χ4v) is 4.21. The molecule has 0 unspecified atom stereocenters. The van der Waals surface area contributed by atoms with Crippen LogP contribution in [0, 0.1) is 0 Å². The van der Waals surface area contributed by atoms with Crippen LogP contribution in [0.2, 0.25) is 5.02 Å². The van der Waals surface area contributed by atoms with Crippen LogP contribution >= 0.6 is 11.6 Å². The van der Waals surface area contributed by atoms with E-state index in [1.165, 1.54) is 5.56 Å². The van der Waals surface area contributed by atoms with E-state index in [0.29, 0.717) is 17.3 Å². The predicted octanol–water partition coefficient (Wildman–Crippen LogP) is 3.64. The molecule has 9 heteroatoms. The van der Waals surface area contributed by atoms with Crippen LogP contribution in [0.3, 0.4) is 0 Å². The van der Waals surface area contributed by atoms with Gasteiger partial charge in [-0.05, 0) is 43.0 Å². The van der Waals surface area contributed by atoms with Gasteiger partial charge in [-0.15, -0.1) is 5.10 Å². The SMILES string of the molecule is O=C(Nc1cccc(Cl)c1)N[C@H]1CC[C@@H](CCn2cc(Cc3ccccc3)nn2)O[C@@H]1CO. The molecular weight excluding hydrogens is 442 g/mol. The lowest BCUT2D eigenvalue weighted by molar-refractivity contribution is -0.0905. The molecule has 0 saturated carbocycles. The first-order valence-electron chi connectivity index (χ1n) is 11.1. The molecule has 2 aromatic carbocycles. The predicted molar refractivity (Wildman–Crippen MR) is 126 cm³/mol. The minimum absolute atomic E-state index is 0.0158. The van der Waals surface area contributed by atoms with Crippen molar-refractivity contribution in [2.75, 3.05) is 11.9 Å². The quantitative estimate of drug-likeness (QED) is 0.467. The van der Waals surface area contributed by atoms with Gasteiger partial charge in [0.2, 0.25) is 0 Å². The Morgan fingerprint density at radius 2 is 2.03 bits per heavy atom. The molecule has 0 radical (unpaired) electrons. The first-order valence-corrected chi connectivity index (χ1v) is 11.5. The van der Waals surface area contributed by atoms with Crippen LogP contribution in [0.25, 0.3) is 0 Å². The highest BCUT2D eigenvalue weighted by atomic mass is 35.5. The van der Waals surface area contributed by atoms with Gasteiger partial charge < -0.3 is 20.5 Å².